The fourth-order valence-electron chi connectivity index (χ4n) is 8.49. The van der Waals surface area contributed by atoms with Crippen LogP contribution in [0.5, 0.6) is 0 Å². The molecule has 0 aromatic carbocycles. The third-order valence-electron chi connectivity index (χ3n) is 11.8. The van der Waals surface area contributed by atoms with Crippen LogP contribution in [-0.2, 0) is 38.0 Å². The maximum Gasteiger partial charge on any atom is 0.311 e. The van der Waals surface area contributed by atoms with Gasteiger partial charge in [-0.1, -0.05) is 20.8 Å². The van der Waals surface area contributed by atoms with Gasteiger partial charge in [0, 0.05) is 37.8 Å². The molecule has 52 heavy (non-hydrogen) atoms. The first kappa shape index (κ1) is 45.1. The Morgan fingerprint density at radius 3 is 2.02 bits per heavy atom. The Balaban J connectivity index is 2.22. The van der Waals surface area contributed by atoms with E-state index in [9.17, 15) is 40.2 Å². The number of carbonyl (C=O) groups excluding carboxylic acids is 2. The number of rotatable bonds is 7. The summed E-state index contributed by atoms with van der Waals surface area (Å²) in [6, 6.07) is -0.380. The van der Waals surface area contributed by atoms with Gasteiger partial charge in [0.1, 0.15) is 29.5 Å². The van der Waals surface area contributed by atoms with Crippen molar-refractivity contribution in [2.24, 2.45) is 17.8 Å². The van der Waals surface area contributed by atoms with Crippen LogP contribution in [0.4, 0.5) is 0 Å². The fraction of sp³-hybridized carbons (Fsp3) is 0.946. The Hall–Kier alpha value is -1.34. The van der Waals surface area contributed by atoms with E-state index in [1.54, 1.807) is 34.6 Å². The van der Waals surface area contributed by atoms with E-state index in [0.717, 1.165) is 0 Å². The zero-order chi connectivity index (χ0) is 39.9. The quantitative estimate of drug-likeness (QED) is 0.200. The second-order valence-corrected chi connectivity index (χ2v) is 16.8. The minimum atomic E-state index is -2.27. The number of hydrogen-bond donors (Lipinski definition) is 6. The maximum atomic E-state index is 14.1. The number of aliphatic hydroxyl groups is 6. The molecule has 18 atom stereocenters. The van der Waals surface area contributed by atoms with E-state index in [4.69, 9.17) is 28.4 Å². The van der Waals surface area contributed by atoms with E-state index >= 15 is 0 Å². The van der Waals surface area contributed by atoms with E-state index in [1.165, 1.54) is 34.8 Å². The van der Waals surface area contributed by atoms with Gasteiger partial charge in [0.25, 0.3) is 0 Å². The van der Waals surface area contributed by atoms with Crippen molar-refractivity contribution < 1.29 is 68.6 Å². The summed E-state index contributed by atoms with van der Waals surface area (Å²) in [5, 5.41) is 69.4. The molecule has 0 radical (unpaired) electrons. The molecule has 3 aliphatic rings. The van der Waals surface area contributed by atoms with Gasteiger partial charge in [0.05, 0.1) is 47.6 Å². The Labute approximate surface area is 308 Å². The van der Waals surface area contributed by atoms with Crippen LogP contribution in [0.2, 0.25) is 0 Å². The molecule has 0 spiro atoms. The highest BCUT2D eigenvalue weighted by atomic mass is 16.7. The van der Waals surface area contributed by atoms with Crippen molar-refractivity contribution in [1.29, 1.82) is 0 Å². The Morgan fingerprint density at radius 1 is 0.885 bits per heavy atom. The molecule has 0 saturated carbocycles. The molecule has 0 aromatic rings. The van der Waals surface area contributed by atoms with Gasteiger partial charge >= 0.3 is 5.97 Å². The monoisotopic (exact) mass is 749 g/mol. The summed E-state index contributed by atoms with van der Waals surface area (Å²) in [5.41, 5.74) is -7.56. The molecule has 3 heterocycles. The van der Waals surface area contributed by atoms with E-state index in [0.29, 0.717) is 6.42 Å². The standard InChI is InChI=1S/C37H67NO14/c1-14-24-37(10,46)29(41)21(5)28(40)34(7,44)17-35(8,45)31(52-33-26(39)23(38(11)12)15-18(2)48-33)19(3)27(20(4)32(43)50-24)51-25-16-36(9,47-13)30(42)22(6)49-25/h18-27,29-31,33,39,41-42,44-46H,14-17H2,1-13H3. The van der Waals surface area contributed by atoms with Crippen molar-refractivity contribution in [3.05, 3.63) is 0 Å². The van der Waals surface area contributed by atoms with Gasteiger partial charge in [-0.15, -0.1) is 0 Å². The van der Waals surface area contributed by atoms with Gasteiger partial charge in [0.15, 0.2) is 18.4 Å². The predicted molar refractivity (Wildman–Crippen MR) is 188 cm³/mol. The van der Waals surface area contributed by atoms with Gasteiger partial charge in [-0.2, -0.15) is 0 Å². The molecule has 3 fully saturated rings. The zero-order valence-corrected chi connectivity index (χ0v) is 33.3. The highest BCUT2D eigenvalue weighted by Crippen LogP contribution is 2.41. The lowest BCUT2D eigenvalue weighted by molar-refractivity contribution is -0.319. The minimum absolute atomic E-state index is 0.0496. The lowest BCUT2D eigenvalue weighted by Gasteiger charge is -2.49. The number of methoxy groups -OCH3 is 1. The molecule has 15 heteroatoms. The first-order valence-corrected chi connectivity index (χ1v) is 18.5. The number of ketones is 1. The van der Waals surface area contributed by atoms with Crippen LogP contribution in [0, 0.1) is 17.8 Å². The van der Waals surface area contributed by atoms with Crippen LogP contribution < -0.4 is 0 Å². The van der Waals surface area contributed by atoms with Crippen LogP contribution in [-0.4, -0.2) is 158 Å². The molecule has 304 valence electrons. The third kappa shape index (κ3) is 9.36. The SMILES string of the molecule is CCC1OC(=O)C(C)C(OC2CC(C)(OC)C(O)C(C)O2)C(C)C(OC2OC(C)CC(N(C)C)C2O)C(C)(O)CC(C)(O)C(=O)C(C)C(O)C1(C)O. The molecule has 0 amide bonds. The molecular formula is C37H67NO14. The Kier molecular flexibility index (Phi) is 14.6. The average molecular weight is 750 g/mol. The number of ether oxygens (including phenoxy) is 6. The van der Waals surface area contributed by atoms with E-state index in [-0.39, 0.29) is 25.0 Å². The largest absolute Gasteiger partial charge is 0.459 e. The normalized spacial score (nSPS) is 50.5. The van der Waals surface area contributed by atoms with E-state index in [2.05, 4.69) is 0 Å². The number of esters is 1. The van der Waals surface area contributed by atoms with Gasteiger partial charge in [-0.25, -0.2) is 0 Å². The zero-order valence-electron chi connectivity index (χ0n) is 33.3. The van der Waals surface area contributed by atoms with Gasteiger partial charge in [0.2, 0.25) is 0 Å². The van der Waals surface area contributed by atoms with Crippen molar-refractivity contribution >= 4 is 11.8 Å². The summed E-state index contributed by atoms with van der Waals surface area (Å²) in [6.07, 6.45) is -11.2. The Morgan fingerprint density at radius 2 is 1.48 bits per heavy atom. The number of aliphatic hydroxyl groups excluding tert-OH is 3. The lowest BCUT2D eigenvalue weighted by atomic mass is 9.72. The van der Waals surface area contributed by atoms with Gasteiger partial charge < -0.3 is 64.0 Å². The summed E-state index contributed by atoms with van der Waals surface area (Å²) in [5.74, 6) is -5.15. The van der Waals surface area contributed by atoms with Crippen molar-refractivity contribution in [2.75, 3.05) is 21.2 Å². The molecule has 15 nitrogen and oxygen atoms in total. The molecule has 0 aromatic heterocycles. The highest BCUT2D eigenvalue weighted by Gasteiger charge is 2.55. The molecule has 6 N–H and O–H groups in total. The summed E-state index contributed by atoms with van der Waals surface area (Å²) in [6.45, 7) is 15.3. The second-order valence-electron chi connectivity index (χ2n) is 16.8. The highest BCUT2D eigenvalue weighted by molar-refractivity contribution is 5.89. The molecule has 0 aliphatic carbocycles. The fourth-order valence-corrected chi connectivity index (χ4v) is 8.49. The first-order chi connectivity index (χ1) is 23.7. The van der Waals surface area contributed by atoms with Crippen LogP contribution in [0.1, 0.15) is 94.9 Å². The number of hydrogen-bond acceptors (Lipinski definition) is 15. The molecule has 18 unspecified atom stereocenters. The topological polar surface area (TPSA) is 214 Å². The number of nitrogens with zero attached hydrogens (tertiary/aromatic N) is 1. The van der Waals surface area contributed by atoms with Crippen LogP contribution in [0.3, 0.4) is 0 Å². The number of carbonyl (C=O) groups is 2. The number of cyclic esters (lactones) is 1. The van der Waals surface area contributed by atoms with Gasteiger partial charge in [-0.3, -0.25) is 9.59 Å². The molecule has 0 bridgehead atoms. The average Bonchev–Trinajstić information content (AvgIpc) is 3.05. The van der Waals surface area contributed by atoms with Crippen molar-refractivity contribution in [3.8, 4) is 0 Å². The summed E-state index contributed by atoms with van der Waals surface area (Å²) >= 11 is 0. The van der Waals surface area contributed by atoms with E-state index < -0.39 is 114 Å². The molecule has 3 rings (SSSR count). The number of Topliss-reactive ketones (excluding diaryl/α,β-unsaturated/α-hetero) is 1. The number of likely N-dealkylation sites (N-methyl/N-ethyl adjacent to an activating group) is 1. The van der Waals surface area contributed by atoms with Crippen molar-refractivity contribution in [2.45, 2.75) is 185 Å². The smallest absolute Gasteiger partial charge is 0.311 e. The third-order valence-corrected chi connectivity index (χ3v) is 11.8. The summed E-state index contributed by atoms with van der Waals surface area (Å²) in [7, 11) is 5.09. The lowest BCUT2D eigenvalue weighted by Crippen LogP contribution is -2.63. The minimum Gasteiger partial charge on any atom is -0.459 e. The molecule has 3 aliphatic heterocycles. The van der Waals surface area contributed by atoms with E-state index in [1.807, 2.05) is 25.9 Å². The van der Waals surface area contributed by atoms with Crippen LogP contribution in [0.15, 0.2) is 0 Å². The molecular weight excluding hydrogens is 682 g/mol. The first-order valence-electron chi connectivity index (χ1n) is 18.5. The van der Waals surface area contributed by atoms with Crippen molar-refractivity contribution in [1.82, 2.24) is 4.90 Å². The summed E-state index contributed by atoms with van der Waals surface area (Å²) in [4.78, 5) is 29.8. The van der Waals surface area contributed by atoms with Gasteiger partial charge in [-0.05, 0) is 75.4 Å². The van der Waals surface area contributed by atoms with Crippen LogP contribution >= 0.6 is 0 Å². The van der Waals surface area contributed by atoms with Crippen LogP contribution in [0.25, 0.3) is 0 Å². The second kappa shape index (κ2) is 16.8. The van der Waals surface area contributed by atoms with Crippen molar-refractivity contribution in [3.63, 3.8) is 0 Å². The maximum absolute atomic E-state index is 14.1. The predicted octanol–water partition coefficient (Wildman–Crippen LogP) is 0.901. The molecule has 3 saturated heterocycles. The Bertz CT molecular complexity index is 1210. The summed E-state index contributed by atoms with van der Waals surface area (Å²) < 4.78 is 36.8.